The summed E-state index contributed by atoms with van der Waals surface area (Å²) in [4.78, 5) is 25.4. The highest BCUT2D eigenvalue weighted by Gasteiger charge is 2.19. The lowest BCUT2D eigenvalue weighted by atomic mass is 10.2. The number of benzene rings is 2. The number of halogens is 3. The van der Waals surface area contributed by atoms with Gasteiger partial charge in [-0.15, -0.1) is 0 Å². The Kier molecular flexibility index (Phi) is 6.49. The van der Waals surface area contributed by atoms with E-state index in [0.29, 0.717) is 26.4 Å². The lowest BCUT2D eigenvalue weighted by molar-refractivity contribution is -0.117. The minimum absolute atomic E-state index is 0.0757. The van der Waals surface area contributed by atoms with Crippen molar-refractivity contribution in [2.75, 3.05) is 16.8 Å². The van der Waals surface area contributed by atoms with Gasteiger partial charge in [0.15, 0.2) is 0 Å². The summed E-state index contributed by atoms with van der Waals surface area (Å²) in [5.74, 6) is -0.520. The third-order valence-corrected chi connectivity index (χ3v) is 4.24. The average Bonchev–Trinajstić information content (AvgIpc) is 2.52. The number of anilines is 2. The zero-order valence-electron chi connectivity index (χ0n) is 12.9. The van der Waals surface area contributed by atoms with Gasteiger partial charge in [-0.3, -0.25) is 9.59 Å². The van der Waals surface area contributed by atoms with Gasteiger partial charge in [0.1, 0.15) is 0 Å². The third kappa shape index (κ3) is 4.63. The van der Waals surface area contributed by atoms with Crippen LogP contribution in [0.25, 0.3) is 0 Å². The molecule has 0 aliphatic heterocycles. The lowest BCUT2D eigenvalue weighted by Crippen LogP contribution is -2.32. The van der Waals surface area contributed by atoms with Gasteiger partial charge >= 0.3 is 0 Å². The van der Waals surface area contributed by atoms with Crippen LogP contribution in [0.1, 0.15) is 13.3 Å². The van der Waals surface area contributed by atoms with Crippen LogP contribution in [0, 0.1) is 0 Å². The van der Waals surface area contributed by atoms with E-state index in [1.54, 1.807) is 42.5 Å². The van der Waals surface area contributed by atoms with E-state index in [2.05, 4.69) is 5.32 Å². The maximum Gasteiger partial charge on any atom is 0.226 e. The van der Waals surface area contributed by atoms with Gasteiger partial charge in [0, 0.05) is 19.9 Å². The summed E-state index contributed by atoms with van der Waals surface area (Å²) in [7, 11) is 0. The zero-order chi connectivity index (χ0) is 17.7. The van der Waals surface area contributed by atoms with Gasteiger partial charge in [-0.2, -0.15) is 0 Å². The molecule has 0 unspecified atom stereocenters. The highest BCUT2D eigenvalue weighted by atomic mass is 35.5. The highest BCUT2D eigenvalue weighted by molar-refractivity contribution is 6.39. The van der Waals surface area contributed by atoms with Crippen LogP contribution >= 0.6 is 34.8 Å². The minimum atomic E-state index is -0.266. The molecule has 2 aromatic carbocycles. The van der Waals surface area contributed by atoms with Crippen molar-refractivity contribution < 1.29 is 9.59 Å². The van der Waals surface area contributed by atoms with Crippen molar-refractivity contribution in [3.05, 3.63) is 57.5 Å². The molecule has 0 bridgehead atoms. The number of nitrogens with one attached hydrogen (secondary N) is 1. The second kappa shape index (κ2) is 8.38. The molecule has 0 radical (unpaired) electrons. The quantitative estimate of drug-likeness (QED) is 0.785. The summed E-state index contributed by atoms with van der Waals surface area (Å²) in [6.07, 6.45) is 0.0757. The van der Waals surface area contributed by atoms with E-state index in [1.807, 2.05) is 0 Å². The number of carbonyl (C=O) groups is 2. The van der Waals surface area contributed by atoms with E-state index in [1.165, 1.54) is 11.8 Å². The first kappa shape index (κ1) is 18.6. The van der Waals surface area contributed by atoms with E-state index < -0.39 is 0 Å². The van der Waals surface area contributed by atoms with Crippen LogP contribution in [-0.4, -0.2) is 18.4 Å². The van der Waals surface area contributed by atoms with E-state index in [4.69, 9.17) is 34.8 Å². The lowest BCUT2D eigenvalue weighted by Gasteiger charge is -2.23. The van der Waals surface area contributed by atoms with E-state index in [0.717, 1.165) is 0 Å². The number of hydrogen-bond donors (Lipinski definition) is 1. The average molecular weight is 386 g/mol. The summed E-state index contributed by atoms with van der Waals surface area (Å²) in [6.45, 7) is 1.54. The van der Waals surface area contributed by atoms with Gasteiger partial charge in [0.05, 0.1) is 26.4 Å². The summed E-state index contributed by atoms with van der Waals surface area (Å²) >= 11 is 18.3. The van der Waals surface area contributed by atoms with Crippen LogP contribution in [0.15, 0.2) is 42.5 Å². The molecule has 0 saturated heterocycles. The van der Waals surface area contributed by atoms with Crippen LogP contribution in [-0.2, 0) is 9.59 Å². The maximum atomic E-state index is 12.1. The molecule has 126 valence electrons. The number of para-hydroxylation sites is 2. The molecule has 1 N–H and O–H groups in total. The Bertz CT molecular complexity index is 745. The predicted octanol–water partition coefficient (Wildman–Crippen LogP) is 5.03. The molecule has 0 fully saturated rings. The van der Waals surface area contributed by atoms with Crippen molar-refractivity contribution >= 4 is 58.0 Å². The Morgan fingerprint density at radius 2 is 1.54 bits per heavy atom. The van der Waals surface area contributed by atoms with Gasteiger partial charge in [-0.25, -0.2) is 0 Å². The van der Waals surface area contributed by atoms with Crippen molar-refractivity contribution in [1.29, 1.82) is 0 Å². The van der Waals surface area contributed by atoms with Crippen LogP contribution in [0.3, 0.4) is 0 Å². The fourth-order valence-electron chi connectivity index (χ4n) is 2.16. The highest BCUT2D eigenvalue weighted by Crippen LogP contribution is 2.33. The molecular formula is C17H15Cl3N2O2. The Morgan fingerprint density at radius 3 is 2.12 bits per heavy atom. The number of carbonyl (C=O) groups excluding carboxylic acids is 2. The van der Waals surface area contributed by atoms with Gasteiger partial charge in [0.25, 0.3) is 0 Å². The molecule has 7 heteroatoms. The Hall–Kier alpha value is -1.75. The molecule has 0 saturated carbocycles. The molecule has 2 aromatic rings. The minimum Gasteiger partial charge on any atom is -0.325 e. The second-order valence-electron chi connectivity index (χ2n) is 5.02. The molecule has 24 heavy (non-hydrogen) atoms. The van der Waals surface area contributed by atoms with Crippen molar-refractivity contribution in [2.45, 2.75) is 13.3 Å². The maximum absolute atomic E-state index is 12.1. The molecule has 0 heterocycles. The van der Waals surface area contributed by atoms with E-state index in [-0.39, 0.29) is 24.8 Å². The van der Waals surface area contributed by atoms with Crippen molar-refractivity contribution in [2.24, 2.45) is 0 Å². The van der Waals surface area contributed by atoms with Crippen molar-refractivity contribution in [3.63, 3.8) is 0 Å². The van der Waals surface area contributed by atoms with Gasteiger partial charge in [0.2, 0.25) is 11.8 Å². The number of hydrogen-bond acceptors (Lipinski definition) is 2. The molecule has 0 atom stereocenters. The standard InChI is InChI=1S/C17H15Cl3N2O2/c1-11(23)22(17-13(19)6-4-7-14(17)20)10-9-16(24)21-15-8-3-2-5-12(15)18/h2-8H,9-10H2,1H3,(H,21,24). The monoisotopic (exact) mass is 384 g/mol. The molecule has 0 aromatic heterocycles. The van der Waals surface area contributed by atoms with Gasteiger partial charge in [-0.05, 0) is 24.3 Å². The fourth-order valence-corrected chi connectivity index (χ4v) is 2.95. The molecule has 4 nitrogen and oxygen atoms in total. The smallest absolute Gasteiger partial charge is 0.226 e. The normalized spacial score (nSPS) is 10.3. The second-order valence-corrected chi connectivity index (χ2v) is 6.24. The summed E-state index contributed by atoms with van der Waals surface area (Å²) in [5, 5.41) is 3.86. The molecule has 0 spiro atoms. The SMILES string of the molecule is CC(=O)N(CCC(=O)Nc1ccccc1Cl)c1c(Cl)cccc1Cl. The van der Waals surface area contributed by atoms with Crippen LogP contribution < -0.4 is 10.2 Å². The van der Waals surface area contributed by atoms with E-state index >= 15 is 0 Å². The molecule has 0 aliphatic carbocycles. The Balaban J connectivity index is 2.08. The summed E-state index contributed by atoms with van der Waals surface area (Å²) in [5.41, 5.74) is 0.924. The summed E-state index contributed by atoms with van der Waals surface area (Å²) < 4.78 is 0. The van der Waals surface area contributed by atoms with Crippen LogP contribution in [0.4, 0.5) is 11.4 Å². The predicted molar refractivity (Wildman–Crippen MR) is 99.2 cm³/mol. The Labute approximate surface area is 155 Å². The molecule has 0 aliphatic rings. The van der Waals surface area contributed by atoms with Crippen molar-refractivity contribution in [3.8, 4) is 0 Å². The van der Waals surface area contributed by atoms with Gasteiger partial charge < -0.3 is 10.2 Å². The molecule has 2 amide bonds. The first-order valence-electron chi connectivity index (χ1n) is 7.16. The first-order valence-corrected chi connectivity index (χ1v) is 8.30. The van der Waals surface area contributed by atoms with Crippen LogP contribution in [0.5, 0.6) is 0 Å². The van der Waals surface area contributed by atoms with Crippen molar-refractivity contribution in [1.82, 2.24) is 0 Å². The molecule has 2 rings (SSSR count). The number of rotatable bonds is 5. The third-order valence-electron chi connectivity index (χ3n) is 3.30. The number of nitrogens with zero attached hydrogens (tertiary/aromatic N) is 1. The summed E-state index contributed by atoms with van der Waals surface area (Å²) in [6, 6.07) is 11.9. The fraction of sp³-hybridized carbons (Fsp3) is 0.176. The van der Waals surface area contributed by atoms with Crippen LogP contribution in [0.2, 0.25) is 15.1 Å². The number of amides is 2. The van der Waals surface area contributed by atoms with Gasteiger partial charge in [-0.1, -0.05) is 53.0 Å². The largest absolute Gasteiger partial charge is 0.325 e. The Morgan fingerprint density at radius 1 is 0.958 bits per heavy atom. The topological polar surface area (TPSA) is 49.4 Å². The zero-order valence-corrected chi connectivity index (χ0v) is 15.1. The van der Waals surface area contributed by atoms with E-state index in [9.17, 15) is 9.59 Å². The first-order chi connectivity index (χ1) is 11.4. The molecular weight excluding hydrogens is 371 g/mol.